The zero-order valence-electron chi connectivity index (χ0n) is 30.8. The second-order valence-corrected chi connectivity index (χ2v) is 15.1. The minimum atomic E-state index is -0.529. The van der Waals surface area contributed by atoms with Crippen molar-refractivity contribution in [2.45, 2.75) is 17.7 Å². The molecule has 3 aliphatic rings. The van der Waals surface area contributed by atoms with Gasteiger partial charge in [-0.05, 0) is 75.3 Å². The Labute approximate surface area is 329 Å². The third-order valence-corrected chi connectivity index (χ3v) is 12.0. The van der Waals surface area contributed by atoms with Crippen LogP contribution in [0.3, 0.4) is 0 Å². The van der Waals surface area contributed by atoms with E-state index in [0.29, 0.717) is 0 Å². The second-order valence-electron chi connectivity index (χ2n) is 15.1. The van der Waals surface area contributed by atoms with Crippen LogP contribution in [0.1, 0.15) is 51.3 Å². The van der Waals surface area contributed by atoms with Crippen LogP contribution in [-0.4, -0.2) is 5.84 Å². The van der Waals surface area contributed by atoms with E-state index in [1.807, 2.05) is 12.1 Å². The normalized spacial score (nSPS) is 17.2. The van der Waals surface area contributed by atoms with Gasteiger partial charge in [-0.25, -0.2) is 4.99 Å². The molecule has 1 spiro atoms. The molecule has 12 rings (SSSR count). The Kier molecular flexibility index (Phi) is 6.98. The molecule has 5 heteroatoms. The highest BCUT2D eigenvalue weighted by molar-refractivity contribution is 6.09. The molecule has 0 fully saturated rings. The molecule has 5 nitrogen and oxygen atoms in total. The lowest BCUT2D eigenvalue weighted by Crippen LogP contribution is -2.45. The molecule has 270 valence electrons. The van der Waals surface area contributed by atoms with Crippen LogP contribution in [0, 0.1) is 0 Å². The van der Waals surface area contributed by atoms with Gasteiger partial charge in [0.1, 0.15) is 40.8 Å². The maximum absolute atomic E-state index is 6.59. The molecule has 0 bridgehead atoms. The number of furan rings is 1. The van der Waals surface area contributed by atoms with E-state index in [9.17, 15) is 0 Å². The minimum Gasteiger partial charge on any atom is -0.457 e. The van der Waals surface area contributed by atoms with Crippen LogP contribution < -0.4 is 15.4 Å². The van der Waals surface area contributed by atoms with Gasteiger partial charge in [-0.3, -0.25) is 5.32 Å². The highest BCUT2D eigenvalue weighted by atomic mass is 16.5. The summed E-state index contributed by atoms with van der Waals surface area (Å²) in [7, 11) is 0. The number of nitrogens with one attached hydrogen (secondary N) is 2. The van der Waals surface area contributed by atoms with Crippen LogP contribution in [0.4, 0.5) is 0 Å². The van der Waals surface area contributed by atoms with E-state index in [2.05, 4.69) is 187 Å². The summed E-state index contributed by atoms with van der Waals surface area (Å²) in [6.07, 6.45) is -0.469. The van der Waals surface area contributed by atoms with E-state index in [1.165, 1.54) is 22.3 Å². The van der Waals surface area contributed by atoms with Gasteiger partial charge < -0.3 is 14.5 Å². The maximum atomic E-state index is 6.59. The van der Waals surface area contributed by atoms with Crippen LogP contribution in [0.25, 0.3) is 44.2 Å². The number of amidine groups is 1. The molecule has 2 unspecified atom stereocenters. The predicted molar refractivity (Wildman–Crippen MR) is 228 cm³/mol. The van der Waals surface area contributed by atoms with Gasteiger partial charge in [-0.2, -0.15) is 0 Å². The van der Waals surface area contributed by atoms with E-state index in [0.717, 1.165) is 78.2 Å². The van der Waals surface area contributed by atoms with Crippen molar-refractivity contribution in [3.05, 3.63) is 227 Å². The summed E-state index contributed by atoms with van der Waals surface area (Å²) in [6.45, 7) is 0. The smallest absolute Gasteiger partial charge is 0.135 e. The Morgan fingerprint density at radius 3 is 1.93 bits per heavy atom. The number of rotatable bonds is 4. The van der Waals surface area contributed by atoms with Crippen molar-refractivity contribution in [1.82, 2.24) is 10.6 Å². The minimum absolute atomic E-state index is 0.233. The molecule has 2 N–H and O–H groups in total. The standard InChI is InChI=1S/C52H35N3O2/c1-3-14-32(15-4-1)49-53-50(33-16-5-2-6-17-33)55-51(54-49)38-19-13-25-47-48(38)39-30-34(27-29-44(39)56-47)35-26-28-37-36-18-7-8-20-40(36)52(43(37)31-35)41-21-9-11-23-45(41)57-46-24-12-10-22-42(46)52/h1-31,49,51,54H,(H,53,55). The van der Waals surface area contributed by atoms with E-state index in [1.54, 1.807) is 0 Å². The molecule has 0 saturated heterocycles. The number of ether oxygens (including phenoxy) is 1. The third kappa shape index (κ3) is 4.76. The Morgan fingerprint density at radius 2 is 1.14 bits per heavy atom. The summed E-state index contributed by atoms with van der Waals surface area (Å²) in [5, 5.41) is 9.72. The van der Waals surface area contributed by atoms with Crippen LogP contribution >= 0.6 is 0 Å². The molecule has 0 radical (unpaired) electrons. The van der Waals surface area contributed by atoms with Crippen molar-refractivity contribution in [1.29, 1.82) is 0 Å². The zero-order valence-corrected chi connectivity index (χ0v) is 30.8. The van der Waals surface area contributed by atoms with Crippen molar-refractivity contribution >= 4 is 27.8 Å². The van der Waals surface area contributed by atoms with E-state index in [-0.39, 0.29) is 12.3 Å². The number of nitrogens with zero attached hydrogens (tertiary/aromatic N) is 1. The van der Waals surface area contributed by atoms with Gasteiger partial charge in [-0.15, -0.1) is 0 Å². The van der Waals surface area contributed by atoms with Crippen LogP contribution in [-0.2, 0) is 5.41 Å². The second kappa shape index (κ2) is 12.4. The summed E-state index contributed by atoms with van der Waals surface area (Å²) in [5.41, 5.74) is 14.1. The lowest BCUT2D eigenvalue weighted by atomic mass is 9.66. The molecule has 0 saturated carbocycles. The van der Waals surface area contributed by atoms with Gasteiger partial charge in [0.05, 0.1) is 5.41 Å². The number of hydrogen-bond acceptors (Lipinski definition) is 5. The molecule has 1 aromatic heterocycles. The van der Waals surface area contributed by atoms with Crippen molar-refractivity contribution in [3.8, 4) is 33.8 Å². The predicted octanol–water partition coefficient (Wildman–Crippen LogP) is 12.1. The Bertz CT molecular complexity index is 3030. The molecule has 2 atom stereocenters. The summed E-state index contributed by atoms with van der Waals surface area (Å²) < 4.78 is 13.2. The lowest BCUT2D eigenvalue weighted by molar-refractivity contribution is 0.411. The monoisotopic (exact) mass is 733 g/mol. The topological polar surface area (TPSA) is 58.8 Å². The summed E-state index contributed by atoms with van der Waals surface area (Å²) in [4.78, 5) is 5.15. The number of aliphatic imine (C=N–C) groups is 1. The Balaban J connectivity index is 1.02. The fraction of sp³-hybridized carbons (Fsp3) is 0.0577. The first kappa shape index (κ1) is 32.1. The van der Waals surface area contributed by atoms with Crippen molar-refractivity contribution in [2.24, 2.45) is 4.99 Å². The first-order valence-electron chi connectivity index (χ1n) is 19.5. The highest BCUT2D eigenvalue weighted by Gasteiger charge is 2.51. The molecule has 2 aliphatic heterocycles. The Hall–Kier alpha value is -7.21. The van der Waals surface area contributed by atoms with Gasteiger partial charge in [-0.1, -0.05) is 152 Å². The van der Waals surface area contributed by atoms with E-state index in [4.69, 9.17) is 14.1 Å². The molecule has 9 aromatic rings. The van der Waals surface area contributed by atoms with Crippen molar-refractivity contribution in [3.63, 3.8) is 0 Å². The Morgan fingerprint density at radius 1 is 0.491 bits per heavy atom. The molecule has 8 aromatic carbocycles. The van der Waals surface area contributed by atoms with Gasteiger partial charge in [0, 0.05) is 33.0 Å². The van der Waals surface area contributed by atoms with E-state index >= 15 is 0 Å². The lowest BCUT2D eigenvalue weighted by Gasteiger charge is -2.39. The molecular formula is C52H35N3O2. The van der Waals surface area contributed by atoms with Gasteiger partial charge in [0.25, 0.3) is 0 Å². The molecule has 3 heterocycles. The number of hydrogen-bond donors (Lipinski definition) is 2. The fourth-order valence-electron chi connectivity index (χ4n) is 9.58. The molecular weight excluding hydrogens is 699 g/mol. The summed E-state index contributed by atoms with van der Waals surface area (Å²) in [6, 6.07) is 66.7. The average Bonchev–Trinajstić information content (AvgIpc) is 3.80. The van der Waals surface area contributed by atoms with E-state index < -0.39 is 5.41 Å². The fourth-order valence-corrected chi connectivity index (χ4v) is 9.58. The van der Waals surface area contributed by atoms with Crippen LogP contribution in [0.15, 0.2) is 197 Å². The molecule has 1 aliphatic carbocycles. The zero-order chi connectivity index (χ0) is 37.5. The third-order valence-electron chi connectivity index (χ3n) is 12.0. The first-order valence-corrected chi connectivity index (χ1v) is 19.5. The van der Waals surface area contributed by atoms with Gasteiger partial charge in [0.15, 0.2) is 0 Å². The average molecular weight is 734 g/mol. The largest absolute Gasteiger partial charge is 0.457 e. The summed E-state index contributed by atoms with van der Waals surface area (Å²) in [5.74, 6) is 2.63. The number of para-hydroxylation sites is 2. The van der Waals surface area contributed by atoms with Gasteiger partial charge >= 0.3 is 0 Å². The molecule has 57 heavy (non-hydrogen) atoms. The summed E-state index contributed by atoms with van der Waals surface area (Å²) >= 11 is 0. The highest BCUT2D eigenvalue weighted by Crippen LogP contribution is 2.62. The van der Waals surface area contributed by atoms with Crippen molar-refractivity contribution < 1.29 is 9.15 Å². The first-order chi connectivity index (χ1) is 28.2. The quantitative estimate of drug-likeness (QED) is 0.189. The maximum Gasteiger partial charge on any atom is 0.135 e. The van der Waals surface area contributed by atoms with Crippen molar-refractivity contribution in [2.75, 3.05) is 0 Å². The number of benzene rings is 8. The molecule has 0 amide bonds. The SMILES string of the molecule is c1ccc(C2=NC(c3ccccc3)NC(c3cccc4oc5ccc(-c6ccc7c(c6)C6(c8ccccc8Oc8ccccc86)c6ccccc6-7)cc5c34)N2)cc1. The van der Waals surface area contributed by atoms with Crippen LogP contribution in [0.5, 0.6) is 11.5 Å². The van der Waals surface area contributed by atoms with Gasteiger partial charge in [0.2, 0.25) is 0 Å². The van der Waals surface area contributed by atoms with Crippen LogP contribution in [0.2, 0.25) is 0 Å². The number of fused-ring (bicyclic) bond motifs is 12.